The van der Waals surface area contributed by atoms with Crippen LogP contribution in [0.3, 0.4) is 0 Å². The molecular formula is C19H20N2O4. The van der Waals surface area contributed by atoms with Gasteiger partial charge in [-0.25, -0.2) is 0 Å². The second-order valence-corrected chi connectivity index (χ2v) is 5.89. The minimum atomic E-state index is -1.11. The number of carbonyl (C=O) groups is 2. The summed E-state index contributed by atoms with van der Waals surface area (Å²) < 4.78 is 7.36. The number of carboxylic acids is 1. The molecule has 1 heterocycles. The van der Waals surface area contributed by atoms with Gasteiger partial charge in [-0.15, -0.1) is 0 Å². The molecule has 0 fully saturated rings. The molecule has 0 spiro atoms. The summed E-state index contributed by atoms with van der Waals surface area (Å²) in [4.78, 5) is 22.4. The molecular weight excluding hydrogens is 320 g/mol. The molecule has 6 nitrogen and oxygen atoms in total. The van der Waals surface area contributed by atoms with Gasteiger partial charge in [0.1, 0.15) is 12.6 Å². The van der Waals surface area contributed by atoms with Crippen LogP contribution in [0, 0.1) is 0 Å². The third kappa shape index (κ3) is 3.64. The van der Waals surface area contributed by atoms with E-state index in [1.807, 2.05) is 36.4 Å². The topological polar surface area (TPSA) is 94.6 Å². The van der Waals surface area contributed by atoms with Crippen molar-refractivity contribution < 1.29 is 19.4 Å². The first-order valence-electron chi connectivity index (χ1n) is 8.18. The van der Waals surface area contributed by atoms with E-state index in [0.29, 0.717) is 6.54 Å². The lowest BCUT2D eigenvalue weighted by molar-refractivity contribution is -0.144. The molecule has 0 aliphatic carbocycles. The van der Waals surface area contributed by atoms with E-state index in [-0.39, 0.29) is 19.4 Å². The molecule has 0 saturated heterocycles. The number of hydrogen-bond donors (Lipinski definition) is 2. The fraction of sp³-hybridized carbons (Fsp3) is 0.263. The molecule has 0 aliphatic rings. The van der Waals surface area contributed by atoms with Gasteiger partial charge in [-0.2, -0.15) is 0 Å². The van der Waals surface area contributed by atoms with Crippen molar-refractivity contribution in [1.82, 2.24) is 4.57 Å². The number of para-hydroxylation sites is 2. The quantitative estimate of drug-likeness (QED) is 0.645. The highest BCUT2D eigenvalue weighted by molar-refractivity contribution is 6.07. The maximum atomic E-state index is 11.7. The molecule has 1 atom stereocenters. The van der Waals surface area contributed by atoms with Crippen molar-refractivity contribution >= 4 is 33.7 Å². The van der Waals surface area contributed by atoms with Crippen LogP contribution in [0.2, 0.25) is 0 Å². The van der Waals surface area contributed by atoms with Gasteiger partial charge in [0, 0.05) is 28.2 Å². The number of nitrogens with two attached hydrogens (primary N) is 1. The van der Waals surface area contributed by atoms with Gasteiger partial charge in [0.2, 0.25) is 0 Å². The van der Waals surface area contributed by atoms with Crippen LogP contribution in [0.4, 0.5) is 0 Å². The van der Waals surface area contributed by atoms with Crippen LogP contribution in [0.1, 0.15) is 12.8 Å². The van der Waals surface area contributed by atoms with Gasteiger partial charge in [-0.3, -0.25) is 9.59 Å². The number of carboxylic acid groups (broad SMARTS) is 1. The molecule has 0 radical (unpaired) electrons. The maximum Gasteiger partial charge on any atom is 0.320 e. The zero-order chi connectivity index (χ0) is 17.8. The average Bonchev–Trinajstić information content (AvgIpc) is 2.94. The van der Waals surface area contributed by atoms with E-state index in [4.69, 9.17) is 15.6 Å². The van der Waals surface area contributed by atoms with Gasteiger partial charge in [0.05, 0.1) is 6.54 Å². The van der Waals surface area contributed by atoms with Crippen LogP contribution in [-0.2, 0) is 20.9 Å². The van der Waals surface area contributed by atoms with Crippen molar-refractivity contribution in [2.75, 3.05) is 6.61 Å². The Morgan fingerprint density at radius 2 is 1.60 bits per heavy atom. The number of carbonyl (C=O) groups excluding carboxylic acids is 1. The van der Waals surface area contributed by atoms with E-state index in [0.717, 1.165) is 21.8 Å². The number of rotatable bonds is 7. The predicted octanol–water partition coefficient (Wildman–Crippen LogP) is 2.53. The van der Waals surface area contributed by atoms with Crippen molar-refractivity contribution in [2.45, 2.75) is 25.4 Å². The van der Waals surface area contributed by atoms with E-state index in [1.165, 1.54) is 0 Å². The third-order valence-corrected chi connectivity index (χ3v) is 4.23. The van der Waals surface area contributed by atoms with Gasteiger partial charge in [0.15, 0.2) is 0 Å². The Morgan fingerprint density at radius 1 is 1.04 bits per heavy atom. The van der Waals surface area contributed by atoms with Crippen LogP contribution in [0.15, 0.2) is 48.5 Å². The maximum absolute atomic E-state index is 11.7. The van der Waals surface area contributed by atoms with E-state index < -0.39 is 18.0 Å². The molecule has 2 aromatic carbocycles. The number of benzene rings is 2. The molecule has 1 aromatic heterocycles. The molecule has 130 valence electrons. The monoisotopic (exact) mass is 340 g/mol. The van der Waals surface area contributed by atoms with Gasteiger partial charge in [0.25, 0.3) is 0 Å². The molecule has 0 bridgehead atoms. The van der Waals surface area contributed by atoms with E-state index in [1.54, 1.807) is 0 Å². The standard InChI is InChI=1S/C19H20N2O4/c20-15(19(23)24)9-10-18(22)25-12-11-21-16-7-3-1-5-13(16)14-6-2-4-8-17(14)21/h1-8,15H,9-12,20H2,(H,23,24)/t15-/m1/s1. The van der Waals surface area contributed by atoms with Crippen molar-refractivity contribution in [3.63, 3.8) is 0 Å². The Labute approximate surface area is 144 Å². The fourth-order valence-electron chi connectivity index (χ4n) is 2.96. The molecule has 3 rings (SSSR count). The van der Waals surface area contributed by atoms with Gasteiger partial charge >= 0.3 is 11.9 Å². The number of hydrogen-bond acceptors (Lipinski definition) is 4. The molecule has 25 heavy (non-hydrogen) atoms. The third-order valence-electron chi connectivity index (χ3n) is 4.23. The molecule has 6 heteroatoms. The first kappa shape index (κ1) is 17.0. The average molecular weight is 340 g/mol. The molecule has 3 aromatic rings. The normalized spacial score (nSPS) is 12.4. The van der Waals surface area contributed by atoms with Crippen molar-refractivity contribution in [3.05, 3.63) is 48.5 Å². The number of ether oxygens (including phenoxy) is 1. The largest absolute Gasteiger partial charge is 0.480 e. The van der Waals surface area contributed by atoms with E-state index >= 15 is 0 Å². The number of esters is 1. The highest BCUT2D eigenvalue weighted by Gasteiger charge is 2.14. The summed E-state index contributed by atoms with van der Waals surface area (Å²) >= 11 is 0. The second-order valence-electron chi connectivity index (χ2n) is 5.89. The van der Waals surface area contributed by atoms with Crippen LogP contribution in [0.25, 0.3) is 21.8 Å². The Kier molecular flexibility index (Phi) is 5.00. The van der Waals surface area contributed by atoms with Crippen LogP contribution in [0.5, 0.6) is 0 Å². The highest BCUT2D eigenvalue weighted by atomic mass is 16.5. The summed E-state index contributed by atoms with van der Waals surface area (Å²) in [5, 5.41) is 11.0. The molecule has 0 saturated carbocycles. The molecule has 0 unspecified atom stereocenters. The Hall–Kier alpha value is -2.86. The lowest BCUT2D eigenvalue weighted by Crippen LogP contribution is -2.30. The number of aromatic nitrogens is 1. The summed E-state index contributed by atoms with van der Waals surface area (Å²) in [5.41, 5.74) is 7.56. The first-order chi connectivity index (χ1) is 12.1. The second kappa shape index (κ2) is 7.36. The fourth-order valence-corrected chi connectivity index (χ4v) is 2.96. The summed E-state index contributed by atoms with van der Waals surface area (Å²) in [6.07, 6.45) is 0.0736. The summed E-state index contributed by atoms with van der Waals surface area (Å²) in [6, 6.07) is 15.2. The predicted molar refractivity (Wildman–Crippen MR) is 95.2 cm³/mol. The van der Waals surface area contributed by atoms with Gasteiger partial charge in [-0.1, -0.05) is 36.4 Å². The van der Waals surface area contributed by atoms with Crippen molar-refractivity contribution in [1.29, 1.82) is 0 Å². The highest BCUT2D eigenvalue weighted by Crippen LogP contribution is 2.28. The van der Waals surface area contributed by atoms with E-state index in [2.05, 4.69) is 16.7 Å². The first-order valence-corrected chi connectivity index (χ1v) is 8.18. The zero-order valence-corrected chi connectivity index (χ0v) is 13.7. The summed E-state index contributed by atoms with van der Waals surface area (Å²) in [6.45, 7) is 0.758. The molecule has 0 aliphatic heterocycles. The van der Waals surface area contributed by atoms with Crippen molar-refractivity contribution in [2.24, 2.45) is 5.73 Å². The number of aliphatic carboxylic acids is 1. The Balaban J connectivity index is 1.67. The Bertz CT molecular complexity index is 863. The summed E-state index contributed by atoms with van der Waals surface area (Å²) in [5.74, 6) is -1.55. The molecule has 3 N–H and O–H groups in total. The van der Waals surface area contributed by atoms with Gasteiger partial charge < -0.3 is 20.1 Å². The summed E-state index contributed by atoms with van der Waals surface area (Å²) in [7, 11) is 0. The van der Waals surface area contributed by atoms with Gasteiger partial charge in [-0.05, 0) is 18.6 Å². The van der Waals surface area contributed by atoms with Crippen LogP contribution >= 0.6 is 0 Å². The lowest BCUT2D eigenvalue weighted by Gasteiger charge is -2.09. The van der Waals surface area contributed by atoms with Crippen molar-refractivity contribution in [3.8, 4) is 0 Å². The number of fused-ring (bicyclic) bond motifs is 3. The lowest BCUT2D eigenvalue weighted by atomic mass is 10.2. The minimum absolute atomic E-state index is 0.000636. The van der Waals surface area contributed by atoms with Crippen LogP contribution < -0.4 is 5.73 Å². The Morgan fingerprint density at radius 3 is 2.16 bits per heavy atom. The smallest absolute Gasteiger partial charge is 0.320 e. The minimum Gasteiger partial charge on any atom is -0.480 e. The number of nitrogens with zero attached hydrogens (tertiary/aromatic N) is 1. The van der Waals surface area contributed by atoms with Crippen LogP contribution in [-0.4, -0.2) is 34.3 Å². The zero-order valence-electron chi connectivity index (χ0n) is 13.7. The SMILES string of the molecule is N[C@H](CCC(=O)OCCn1c2ccccc2c2ccccc21)C(=O)O. The van der Waals surface area contributed by atoms with E-state index in [9.17, 15) is 9.59 Å². The molecule has 0 amide bonds.